The molecule has 6 nitrogen and oxygen atoms in total. The largest absolute Gasteiger partial charge is 0.462 e. The summed E-state index contributed by atoms with van der Waals surface area (Å²) in [5.41, 5.74) is 0. The molecule has 0 fully saturated rings. The summed E-state index contributed by atoms with van der Waals surface area (Å²) in [5, 5.41) is 0. The quantitative estimate of drug-likeness (QED) is 0.0261. The molecule has 0 N–H and O–H groups in total. The van der Waals surface area contributed by atoms with E-state index in [-0.39, 0.29) is 31.1 Å². The van der Waals surface area contributed by atoms with Gasteiger partial charge in [0.15, 0.2) is 6.10 Å². The van der Waals surface area contributed by atoms with Crippen LogP contribution in [0.25, 0.3) is 0 Å². The number of rotatable bonds is 60. The fourth-order valence-electron chi connectivity index (χ4n) is 9.32. The first kappa shape index (κ1) is 73.6. The van der Waals surface area contributed by atoms with Crippen LogP contribution in [0.3, 0.4) is 0 Å². The molecule has 6 heteroatoms. The number of carbonyl (C=O) groups excluding carboxylic acids is 3. The Kier molecular flexibility index (Phi) is 62.2. The number of unbranched alkanes of at least 4 members (excludes halogenated alkanes) is 35. The normalized spacial score (nSPS) is 12.6. The van der Waals surface area contributed by atoms with E-state index in [1.807, 2.05) is 0 Å². The van der Waals surface area contributed by atoms with Crippen LogP contribution in [0.1, 0.15) is 329 Å². The zero-order chi connectivity index (χ0) is 55.7. The Bertz CT molecular complexity index is 1470. The summed E-state index contributed by atoms with van der Waals surface area (Å²) in [4.78, 5) is 38.3. The molecule has 1 atom stereocenters. The van der Waals surface area contributed by atoms with Gasteiger partial charge < -0.3 is 14.2 Å². The van der Waals surface area contributed by atoms with Gasteiger partial charge in [0, 0.05) is 19.3 Å². The predicted molar refractivity (Wildman–Crippen MR) is 334 cm³/mol. The van der Waals surface area contributed by atoms with Crippen LogP contribution in [0.5, 0.6) is 0 Å². The minimum absolute atomic E-state index is 0.0835. The Balaban J connectivity index is 4.29. The van der Waals surface area contributed by atoms with Crippen molar-refractivity contribution < 1.29 is 28.6 Å². The molecule has 0 aromatic heterocycles. The molecule has 0 aliphatic carbocycles. The van der Waals surface area contributed by atoms with E-state index in [1.54, 1.807) is 0 Å². The van der Waals surface area contributed by atoms with E-state index < -0.39 is 6.10 Å². The SMILES string of the molecule is CCCC/C=C\CCCCCCCC(=O)OCC(COC(=O)CCCCCCCCCCCC/C=C\C/C=C\C/C=C\CCCCCCC)OC(=O)CCCCCCCCCC/C=C\C/C=C\C/C=C\CCCCCCC. The number of hydrogen-bond acceptors (Lipinski definition) is 6. The Hall–Kier alpha value is -3.41. The standard InChI is InChI=1S/C71H124O6/c1-4-7-10-13-16-19-22-24-26-28-30-32-34-35-37-38-40-42-44-46-49-52-55-58-61-64-70(73)76-67-68(66-75-69(72)63-60-57-54-51-48-21-18-15-12-9-6-3)77-71(74)65-62-59-56-53-50-47-45-43-41-39-36-33-31-29-27-25-23-20-17-14-11-8-5-2/h15,18,22-25,28-31,34-36,39,68H,4-14,16-17,19-21,26-27,32-33,37-38,40-67H2,1-3H3/b18-15-,24-22-,25-23-,30-28-,31-29-,35-34-,39-36-. The van der Waals surface area contributed by atoms with E-state index >= 15 is 0 Å². The first-order valence-corrected chi connectivity index (χ1v) is 33.1. The minimum Gasteiger partial charge on any atom is -0.462 e. The van der Waals surface area contributed by atoms with Gasteiger partial charge in [-0.3, -0.25) is 14.4 Å². The maximum atomic E-state index is 12.9. The fraction of sp³-hybridized carbons (Fsp3) is 0.761. The van der Waals surface area contributed by atoms with Crippen LogP contribution in [-0.4, -0.2) is 37.2 Å². The second kappa shape index (κ2) is 65.1. The number of carbonyl (C=O) groups is 3. The average Bonchev–Trinajstić information content (AvgIpc) is 3.43. The van der Waals surface area contributed by atoms with Crippen LogP contribution >= 0.6 is 0 Å². The third-order valence-electron chi connectivity index (χ3n) is 14.3. The zero-order valence-corrected chi connectivity index (χ0v) is 51.0. The van der Waals surface area contributed by atoms with Crippen molar-refractivity contribution in [3.63, 3.8) is 0 Å². The van der Waals surface area contributed by atoms with Gasteiger partial charge in [0.1, 0.15) is 13.2 Å². The molecule has 0 saturated heterocycles. The Labute approximate surface area is 477 Å². The molecule has 0 aliphatic heterocycles. The second-order valence-electron chi connectivity index (χ2n) is 22.0. The maximum Gasteiger partial charge on any atom is 0.306 e. The minimum atomic E-state index is -0.787. The maximum absolute atomic E-state index is 12.9. The van der Waals surface area contributed by atoms with Gasteiger partial charge in [-0.05, 0) is 116 Å². The summed E-state index contributed by atoms with van der Waals surface area (Å²) < 4.78 is 16.9. The van der Waals surface area contributed by atoms with Gasteiger partial charge in [-0.1, -0.05) is 279 Å². The van der Waals surface area contributed by atoms with E-state index in [0.29, 0.717) is 19.3 Å². The molecular formula is C71H124O6. The molecule has 0 spiro atoms. The van der Waals surface area contributed by atoms with Gasteiger partial charge in [0.2, 0.25) is 0 Å². The van der Waals surface area contributed by atoms with Crippen molar-refractivity contribution in [1.82, 2.24) is 0 Å². The van der Waals surface area contributed by atoms with E-state index in [9.17, 15) is 14.4 Å². The fourth-order valence-corrected chi connectivity index (χ4v) is 9.32. The van der Waals surface area contributed by atoms with Gasteiger partial charge >= 0.3 is 17.9 Å². The Morgan fingerprint density at radius 3 is 0.779 bits per heavy atom. The highest BCUT2D eigenvalue weighted by Gasteiger charge is 2.19. The monoisotopic (exact) mass is 1070 g/mol. The Morgan fingerprint density at radius 1 is 0.260 bits per heavy atom. The molecule has 0 rings (SSSR count). The number of allylic oxidation sites excluding steroid dienone is 14. The highest BCUT2D eigenvalue weighted by Crippen LogP contribution is 2.16. The van der Waals surface area contributed by atoms with Crippen molar-refractivity contribution in [2.24, 2.45) is 0 Å². The van der Waals surface area contributed by atoms with Gasteiger partial charge in [0.05, 0.1) is 0 Å². The molecule has 0 heterocycles. The summed E-state index contributed by atoms with van der Waals surface area (Å²) in [5.74, 6) is -0.893. The molecular weight excluding hydrogens is 949 g/mol. The molecule has 0 radical (unpaired) electrons. The third kappa shape index (κ3) is 63.3. The molecule has 444 valence electrons. The van der Waals surface area contributed by atoms with E-state index in [4.69, 9.17) is 14.2 Å². The molecule has 0 amide bonds. The lowest BCUT2D eigenvalue weighted by Crippen LogP contribution is -2.30. The molecule has 0 aromatic carbocycles. The van der Waals surface area contributed by atoms with Crippen LogP contribution in [-0.2, 0) is 28.6 Å². The number of hydrogen-bond donors (Lipinski definition) is 0. The molecule has 0 aliphatic rings. The van der Waals surface area contributed by atoms with Gasteiger partial charge in [-0.15, -0.1) is 0 Å². The average molecular weight is 1070 g/mol. The predicted octanol–water partition coefficient (Wildman–Crippen LogP) is 22.7. The van der Waals surface area contributed by atoms with Crippen LogP contribution in [0.4, 0.5) is 0 Å². The van der Waals surface area contributed by atoms with Crippen molar-refractivity contribution in [3.05, 3.63) is 85.1 Å². The summed E-state index contributed by atoms with van der Waals surface area (Å²) in [6.07, 6.45) is 85.9. The van der Waals surface area contributed by atoms with Crippen molar-refractivity contribution in [1.29, 1.82) is 0 Å². The van der Waals surface area contributed by atoms with Crippen LogP contribution in [0.2, 0.25) is 0 Å². The first-order valence-electron chi connectivity index (χ1n) is 33.1. The number of ether oxygens (including phenoxy) is 3. The summed E-state index contributed by atoms with van der Waals surface area (Å²) in [6, 6.07) is 0. The third-order valence-corrected chi connectivity index (χ3v) is 14.3. The molecule has 0 aromatic rings. The lowest BCUT2D eigenvalue weighted by Gasteiger charge is -2.18. The molecule has 0 bridgehead atoms. The first-order chi connectivity index (χ1) is 38.0. The highest BCUT2D eigenvalue weighted by atomic mass is 16.6. The van der Waals surface area contributed by atoms with Crippen LogP contribution < -0.4 is 0 Å². The lowest BCUT2D eigenvalue weighted by atomic mass is 10.1. The highest BCUT2D eigenvalue weighted by molar-refractivity contribution is 5.71. The van der Waals surface area contributed by atoms with Crippen LogP contribution in [0.15, 0.2) is 85.1 Å². The van der Waals surface area contributed by atoms with Crippen LogP contribution in [0, 0.1) is 0 Å². The van der Waals surface area contributed by atoms with Crippen molar-refractivity contribution in [2.75, 3.05) is 13.2 Å². The van der Waals surface area contributed by atoms with Gasteiger partial charge in [-0.2, -0.15) is 0 Å². The molecule has 77 heavy (non-hydrogen) atoms. The van der Waals surface area contributed by atoms with Gasteiger partial charge in [0.25, 0.3) is 0 Å². The van der Waals surface area contributed by atoms with Crippen molar-refractivity contribution in [2.45, 2.75) is 335 Å². The number of esters is 3. The van der Waals surface area contributed by atoms with Gasteiger partial charge in [-0.25, -0.2) is 0 Å². The second-order valence-corrected chi connectivity index (χ2v) is 22.0. The lowest BCUT2D eigenvalue weighted by molar-refractivity contribution is -0.167. The van der Waals surface area contributed by atoms with E-state index in [2.05, 4.69) is 106 Å². The summed E-state index contributed by atoms with van der Waals surface area (Å²) in [6.45, 7) is 6.59. The summed E-state index contributed by atoms with van der Waals surface area (Å²) in [7, 11) is 0. The smallest absolute Gasteiger partial charge is 0.306 e. The zero-order valence-electron chi connectivity index (χ0n) is 51.0. The van der Waals surface area contributed by atoms with E-state index in [0.717, 1.165) is 96.3 Å². The molecule has 1 unspecified atom stereocenters. The van der Waals surface area contributed by atoms with Crippen molar-refractivity contribution in [3.8, 4) is 0 Å². The molecule has 0 saturated carbocycles. The topological polar surface area (TPSA) is 78.9 Å². The van der Waals surface area contributed by atoms with E-state index in [1.165, 1.54) is 193 Å². The van der Waals surface area contributed by atoms with Crippen molar-refractivity contribution >= 4 is 17.9 Å². The summed E-state index contributed by atoms with van der Waals surface area (Å²) >= 11 is 0. The Morgan fingerprint density at radius 2 is 0.481 bits per heavy atom.